The van der Waals surface area contributed by atoms with E-state index in [1.807, 2.05) is 0 Å². The van der Waals surface area contributed by atoms with Gasteiger partial charge in [-0.2, -0.15) is 0 Å². The lowest BCUT2D eigenvalue weighted by atomic mass is 10.6. The third-order valence-corrected chi connectivity index (χ3v) is 3.12. The van der Waals surface area contributed by atoms with Crippen molar-refractivity contribution < 1.29 is 37.5 Å². The monoisotopic (exact) mass is 482 g/mol. The fraction of sp³-hybridized carbons (Fsp3) is 1.00. The number of hydrogen-bond donors (Lipinski definition) is 0. The van der Waals surface area contributed by atoms with E-state index in [1.165, 1.54) is 0 Å². The Kier molecular flexibility index (Phi) is 24.8. The maximum Gasteiger partial charge on any atom is 0.113 e. The quantitative estimate of drug-likeness (QED) is 0.132. The van der Waals surface area contributed by atoms with Gasteiger partial charge in [0.2, 0.25) is 0 Å². The Labute approximate surface area is 163 Å². The summed E-state index contributed by atoms with van der Waals surface area (Å²) in [5.74, 6) is 0. The Hall–Kier alpha value is 0.380. The lowest BCUT2D eigenvalue weighted by molar-refractivity contribution is -0.0203. The zero-order valence-corrected chi connectivity index (χ0v) is 17.1. The smallest absolute Gasteiger partial charge is 0.113 e. The van der Waals surface area contributed by atoms with E-state index in [0.29, 0.717) is 79.3 Å². The minimum atomic E-state index is -0.462. The number of hydrogen-bond acceptors (Lipinski definition) is 7. The Bertz CT molecular complexity index is 219. The van der Waals surface area contributed by atoms with Gasteiger partial charge < -0.3 is 33.2 Å². The fourth-order valence-electron chi connectivity index (χ4n) is 1.53. The molecule has 0 N–H and O–H groups in total. The van der Waals surface area contributed by atoms with Crippen LogP contribution in [-0.2, 0) is 33.2 Å². The van der Waals surface area contributed by atoms with Crippen molar-refractivity contribution in [1.29, 1.82) is 0 Å². The Morgan fingerprint density at radius 3 is 0.880 bits per heavy atom. The minimum absolute atomic E-state index is 0.127. The largest absolute Gasteiger partial charge is 0.378 e. The maximum absolute atomic E-state index is 11.7. The SMILES string of the molecule is FCCOCCOCCOCCOCCOCCOCCOCCI. The molecule has 0 aliphatic carbocycles. The van der Waals surface area contributed by atoms with E-state index < -0.39 is 6.67 Å². The molecule has 0 rings (SSSR count). The van der Waals surface area contributed by atoms with Gasteiger partial charge in [-0.25, -0.2) is 4.39 Å². The van der Waals surface area contributed by atoms with Crippen LogP contribution in [0.15, 0.2) is 0 Å². The van der Waals surface area contributed by atoms with Gasteiger partial charge in [0.15, 0.2) is 0 Å². The Morgan fingerprint density at radius 1 is 0.400 bits per heavy atom. The van der Waals surface area contributed by atoms with Gasteiger partial charge >= 0.3 is 0 Å². The molecule has 0 saturated carbocycles. The van der Waals surface area contributed by atoms with Crippen molar-refractivity contribution in [3.05, 3.63) is 0 Å². The number of halogens is 2. The molecule has 0 spiro atoms. The van der Waals surface area contributed by atoms with Crippen molar-refractivity contribution in [2.45, 2.75) is 0 Å². The Morgan fingerprint density at radius 2 is 0.640 bits per heavy atom. The molecule has 0 aromatic rings. The van der Waals surface area contributed by atoms with E-state index in [9.17, 15) is 4.39 Å². The predicted octanol–water partition coefficient (Wildman–Crippen LogP) is 1.51. The standard InChI is InChI=1S/C16H32FIO7/c17-1-3-19-5-7-21-9-11-23-13-15-25-16-14-24-12-10-22-8-6-20-4-2-18/h1-16H2. The first-order valence-electron chi connectivity index (χ1n) is 8.58. The van der Waals surface area contributed by atoms with Crippen LogP contribution in [0.2, 0.25) is 0 Å². The van der Waals surface area contributed by atoms with Crippen molar-refractivity contribution >= 4 is 22.6 Å². The molecule has 0 aliphatic heterocycles. The molecule has 0 fully saturated rings. The second-order valence-corrected chi connectivity index (χ2v) is 5.74. The van der Waals surface area contributed by atoms with Crippen LogP contribution in [-0.4, -0.2) is 104 Å². The maximum atomic E-state index is 11.7. The van der Waals surface area contributed by atoms with Crippen LogP contribution in [0.4, 0.5) is 4.39 Å². The molecule has 152 valence electrons. The van der Waals surface area contributed by atoms with Crippen LogP contribution in [0, 0.1) is 0 Å². The summed E-state index contributed by atoms with van der Waals surface area (Å²) in [6, 6.07) is 0. The molecule has 0 aliphatic rings. The van der Waals surface area contributed by atoms with Crippen molar-refractivity contribution in [3.8, 4) is 0 Å². The predicted molar refractivity (Wildman–Crippen MR) is 101 cm³/mol. The molecule has 0 heterocycles. The highest BCUT2D eigenvalue weighted by atomic mass is 127. The highest BCUT2D eigenvalue weighted by Crippen LogP contribution is 1.86. The van der Waals surface area contributed by atoms with Crippen LogP contribution in [0.1, 0.15) is 0 Å². The third-order valence-electron chi connectivity index (χ3n) is 2.68. The van der Waals surface area contributed by atoms with Crippen LogP contribution >= 0.6 is 22.6 Å². The van der Waals surface area contributed by atoms with Crippen LogP contribution in [0.3, 0.4) is 0 Å². The normalized spacial score (nSPS) is 11.3. The number of ether oxygens (including phenoxy) is 7. The second kappa shape index (κ2) is 24.4. The molecule has 7 nitrogen and oxygen atoms in total. The molecule has 0 unspecified atom stereocenters. The average Bonchev–Trinajstić information content (AvgIpc) is 2.63. The van der Waals surface area contributed by atoms with Gasteiger partial charge in [-0.1, -0.05) is 22.6 Å². The van der Waals surface area contributed by atoms with Gasteiger partial charge in [0.1, 0.15) is 6.67 Å². The molecule has 0 aromatic carbocycles. The first kappa shape index (κ1) is 25.4. The van der Waals surface area contributed by atoms with Gasteiger partial charge in [0.25, 0.3) is 0 Å². The fourth-order valence-corrected chi connectivity index (χ4v) is 1.84. The van der Waals surface area contributed by atoms with Gasteiger partial charge in [-0.3, -0.25) is 0 Å². The van der Waals surface area contributed by atoms with Crippen molar-refractivity contribution in [3.63, 3.8) is 0 Å². The molecule has 0 saturated heterocycles. The van der Waals surface area contributed by atoms with Crippen molar-refractivity contribution in [2.24, 2.45) is 0 Å². The summed E-state index contributed by atoms with van der Waals surface area (Å²) < 4.78 is 49.6. The van der Waals surface area contributed by atoms with Crippen LogP contribution in [0.5, 0.6) is 0 Å². The first-order valence-corrected chi connectivity index (χ1v) is 10.1. The van der Waals surface area contributed by atoms with E-state index in [1.54, 1.807) is 0 Å². The summed E-state index contributed by atoms with van der Waals surface area (Å²) in [6.07, 6.45) is 0. The minimum Gasteiger partial charge on any atom is -0.378 e. The zero-order chi connectivity index (χ0) is 18.3. The number of alkyl halides is 2. The summed E-state index contributed by atoms with van der Waals surface area (Å²) in [7, 11) is 0. The summed E-state index contributed by atoms with van der Waals surface area (Å²) in [5, 5.41) is 0. The highest BCUT2D eigenvalue weighted by molar-refractivity contribution is 14.1. The van der Waals surface area contributed by atoms with Crippen LogP contribution < -0.4 is 0 Å². The van der Waals surface area contributed by atoms with E-state index in [2.05, 4.69) is 22.6 Å². The molecule has 0 amide bonds. The summed E-state index contributed by atoms with van der Waals surface area (Å²) in [6.45, 7) is 6.74. The average molecular weight is 482 g/mol. The van der Waals surface area contributed by atoms with E-state index >= 15 is 0 Å². The summed E-state index contributed by atoms with van der Waals surface area (Å²) in [5.41, 5.74) is 0. The summed E-state index contributed by atoms with van der Waals surface area (Å²) >= 11 is 2.27. The molecule has 25 heavy (non-hydrogen) atoms. The number of rotatable bonds is 22. The molecule has 0 radical (unpaired) electrons. The second-order valence-electron chi connectivity index (χ2n) is 4.66. The molecule has 9 heteroatoms. The van der Waals surface area contributed by atoms with E-state index in [-0.39, 0.29) is 6.61 Å². The molecule has 0 aromatic heterocycles. The van der Waals surface area contributed by atoms with Gasteiger partial charge in [-0.05, 0) is 0 Å². The molecule has 0 atom stereocenters. The zero-order valence-electron chi connectivity index (χ0n) is 14.9. The topological polar surface area (TPSA) is 64.6 Å². The molecule has 0 bridgehead atoms. The van der Waals surface area contributed by atoms with Gasteiger partial charge in [-0.15, -0.1) is 0 Å². The Balaban J connectivity index is 2.94. The lowest BCUT2D eigenvalue weighted by Gasteiger charge is -2.08. The van der Waals surface area contributed by atoms with E-state index in [0.717, 1.165) is 11.0 Å². The van der Waals surface area contributed by atoms with E-state index in [4.69, 9.17) is 33.2 Å². The van der Waals surface area contributed by atoms with Crippen molar-refractivity contribution in [2.75, 3.05) is 104 Å². The lowest BCUT2D eigenvalue weighted by Crippen LogP contribution is -2.14. The first-order chi connectivity index (χ1) is 12.4. The molecular formula is C16H32FIO7. The summed E-state index contributed by atoms with van der Waals surface area (Å²) in [4.78, 5) is 0. The van der Waals surface area contributed by atoms with Gasteiger partial charge in [0.05, 0.1) is 92.5 Å². The molecular weight excluding hydrogens is 450 g/mol. The van der Waals surface area contributed by atoms with Gasteiger partial charge in [0, 0.05) is 4.43 Å². The van der Waals surface area contributed by atoms with Crippen LogP contribution in [0.25, 0.3) is 0 Å². The van der Waals surface area contributed by atoms with Crippen molar-refractivity contribution in [1.82, 2.24) is 0 Å². The third kappa shape index (κ3) is 24.4. The highest BCUT2D eigenvalue weighted by Gasteiger charge is 1.94.